The van der Waals surface area contributed by atoms with E-state index < -0.39 is 0 Å². The van der Waals surface area contributed by atoms with Gasteiger partial charge in [0.15, 0.2) is 0 Å². The van der Waals surface area contributed by atoms with Crippen molar-refractivity contribution in [2.75, 3.05) is 25.1 Å². The van der Waals surface area contributed by atoms with Crippen LogP contribution in [0.1, 0.15) is 40.0 Å². The summed E-state index contributed by atoms with van der Waals surface area (Å²) in [6.07, 6.45) is 3.77. The van der Waals surface area contributed by atoms with E-state index in [4.69, 9.17) is 4.74 Å². The molecule has 112 valence electrons. The molecule has 1 fully saturated rings. The minimum absolute atomic E-state index is 0.158. The SMILES string of the molecule is COc1cccc(N2CCCCC2CNC(C)(C)C)n1. The second-order valence-corrected chi connectivity index (χ2v) is 6.51. The van der Waals surface area contributed by atoms with Crippen LogP contribution < -0.4 is 15.0 Å². The van der Waals surface area contributed by atoms with Gasteiger partial charge < -0.3 is 15.0 Å². The van der Waals surface area contributed by atoms with Gasteiger partial charge in [0.1, 0.15) is 5.82 Å². The predicted octanol–water partition coefficient (Wildman–Crippen LogP) is 2.84. The number of methoxy groups -OCH3 is 1. The van der Waals surface area contributed by atoms with E-state index in [1.54, 1.807) is 7.11 Å². The number of rotatable bonds is 4. The van der Waals surface area contributed by atoms with Gasteiger partial charge in [-0.2, -0.15) is 4.98 Å². The Kier molecular flexibility index (Phi) is 4.86. The molecule has 0 saturated carbocycles. The molecule has 1 aliphatic rings. The summed E-state index contributed by atoms with van der Waals surface area (Å²) in [5.41, 5.74) is 0.158. The Morgan fingerprint density at radius 2 is 2.15 bits per heavy atom. The quantitative estimate of drug-likeness (QED) is 0.918. The molecule has 1 aromatic rings. The van der Waals surface area contributed by atoms with Crippen LogP contribution in [0.5, 0.6) is 5.88 Å². The van der Waals surface area contributed by atoms with Crippen molar-refractivity contribution >= 4 is 5.82 Å². The Morgan fingerprint density at radius 3 is 2.85 bits per heavy atom. The fourth-order valence-electron chi connectivity index (χ4n) is 2.62. The zero-order valence-corrected chi connectivity index (χ0v) is 13.1. The number of piperidine rings is 1. The Balaban J connectivity index is 2.09. The first kappa shape index (κ1) is 15.1. The topological polar surface area (TPSA) is 37.4 Å². The minimum Gasteiger partial charge on any atom is -0.481 e. The van der Waals surface area contributed by atoms with Crippen LogP contribution in [0.15, 0.2) is 18.2 Å². The molecule has 20 heavy (non-hydrogen) atoms. The number of anilines is 1. The maximum atomic E-state index is 5.24. The maximum Gasteiger partial charge on any atom is 0.214 e. The zero-order chi connectivity index (χ0) is 14.6. The van der Waals surface area contributed by atoms with Gasteiger partial charge in [0.25, 0.3) is 0 Å². The molecule has 0 radical (unpaired) electrons. The zero-order valence-electron chi connectivity index (χ0n) is 13.1. The molecule has 2 heterocycles. The molecule has 1 atom stereocenters. The molecule has 4 nitrogen and oxygen atoms in total. The van der Waals surface area contributed by atoms with Crippen molar-refractivity contribution < 1.29 is 4.74 Å². The average molecular weight is 277 g/mol. The van der Waals surface area contributed by atoms with E-state index in [2.05, 4.69) is 42.0 Å². The van der Waals surface area contributed by atoms with E-state index in [-0.39, 0.29) is 5.54 Å². The molecule has 1 aromatic heterocycles. The van der Waals surface area contributed by atoms with Gasteiger partial charge in [0.05, 0.1) is 7.11 Å². The van der Waals surface area contributed by atoms with Crippen molar-refractivity contribution in [1.82, 2.24) is 10.3 Å². The lowest BCUT2D eigenvalue weighted by molar-refractivity contribution is 0.363. The number of ether oxygens (including phenoxy) is 1. The minimum atomic E-state index is 0.158. The lowest BCUT2D eigenvalue weighted by atomic mass is 10.0. The lowest BCUT2D eigenvalue weighted by Gasteiger charge is -2.38. The maximum absolute atomic E-state index is 5.24. The van der Waals surface area contributed by atoms with Crippen LogP contribution in [0.2, 0.25) is 0 Å². The number of aromatic nitrogens is 1. The molecule has 0 spiro atoms. The van der Waals surface area contributed by atoms with E-state index in [1.165, 1.54) is 19.3 Å². The molecular formula is C16H27N3O. The summed E-state index contributed by atoms with van der Waals surface area (Å²) in [6.45, 7) is 8.72. The highest BCUT2D eigenvalue weighted by atomic mass is 16.5. The van der Waals surface area contributed by atoms with Crippen LogP contribution in [-0.4, -0.2) is 36.8 Å². The molecule has 0 aliphatic carbocycles. The Morgan fingerprint density at radius 1 is 1.35 bits per heavy atom. The van der Waals surface area contributed by atoms with Crippen molar-refractivity contribution in [2.45, 2.75) is 51.6 Å². The normalized spacial score (nSPS) is 20.0. The van der Waals surface area contributed by atoms with E-state index in [1.807, 2.05) is 12.1 Å². The van der Waals surface area contributed by atoms with Gasteiger partial charge in [-0.05, 0) is 46.1 Å². The standard InChI is InChI=1S/C16H27N3O/c1-16(2,3)17-12-13-8-5-6-11-19(13)14-9-7-10-15(18-14)20-4/h7,9-10,13,17H,5-6,8,11-12H2,1-4H3. The number of hydrogen-bond acceptors (Lipinski definition) is 4. The van der Waals surface area contributed by atoms with Crippen molar-refractivity contribution in [3.8, 4) is 5.88 Å². The van der Waals surface area contributed by atoms with Gasteiger partial charge in [0, 0.05) is 30.7 Å². The first-order chi connectivity index (χ1) is 9.49. The summed E-state index contributed by atoms with van der Waals surface area (Å²) in [5, 5.41) is 3.62. The Labute approximate surface area is 122 Å². The lowest BCUT2D eigenvalue weighted by Crippen LogP contribution is -2.50. The van der Waals surface area contributed by atoms with Crippen molar-refractivity contribution in [3.05, 3.63) is 18.2 Å². The van der Waals surface area contributed by atoms with Gasteiger partial charge in [-0.25, -0.2) is 0 Å². The van der Waals surface area contributed by atoms with Gasteiger partial charge in [-0.1, -0.05) is 6.07 Å². The van der Waals surface area contributed by atoms with Crippen LogP contribution in [0.3, 0.4) is 0 Å². The monoisotopic (exact) mass is 277 g/mol. The smallest absolute Gasteiger partial charge is 0.214 e. The highest BCUT2D eigenvalue weighted by Crippen LogP contribution is 2.24. The van der Waals surface area contributed by atoms with E-state index in [9.17, 15) is 0 Å². The van der Waals surface area contributed by atoms with Gasteiger partial charge in [-0.15, -0.1) is 0 Å². The van der Waals surface area contributed by atoms with Gasteiger partial charge in [0.2, 0.25) is 5.88 Å². The number of nitrogens with one attached hydrogen (secondary N) is 1. The highest BCUT2D eigenvalue weighted by Gasteiger charge is 2.25. The van der Waals surface area contributed by atoms with Crippen LogP contribution in [0, 0.1) is 0 Å². The van der Waals surface area contributed by atoms with Gasteiger partial charge in [-0.3, -0.25) is 0 Å². The molecule has 1 aliphatic heterocycles. The summed E-state index contributed by atoms with van der Waals surface area (Å²) in [7, 11) is 1.67. The number of pyridine rings is 1. The first-order valence-electron chi connectivity index (χ1n) is 7.52. The Hall–Kier alpha value is -1.29. The second-order valence-electron chi connectivity index (χ2n) is 6.51. The van der Waals surface area contributed by atoms with E-state index in [0.29, 0.717) is 11.9 Å². The van der Waals surface area contributed by atoms with Crippen LogP contribution in [0.25, 0.3) is 0 Å². The average Bonchev–Trinajstić information content (AvgIpc) is 2.45. The second kappa shape index (κ2) is 6.44. The summed E-state index contributed by atoms with van der Waals surface area (Å²) >= 11 is 0. The molecule has 4 heteroatoms. The summed E-state index contributed by atoms with van der Waals surface area (Å²) < 4.78 is 5.24. The molecule has 0 aromatic carbocycles. The summed E-state index contributed by atoms with van der Waals surface area (Å²) in [4.78, 5) is 7.01. The van der Waals surface area contributed by atoms with Crippen LogP contribution in [0.4, 0.5) is 5.82 Å². The van der Waals surface area contributed by atoms with Crippen molar-refractivity contribution in [3.63, 3.8) is 0 Å². The molecule has 1 N–H and O–H groups in total. The number of hydrogen-bond donors (Lipinski definition) is 1. The molecule has 1 saturated heterocycles. The first-order valence-corrected chi connectivity index (χ1v) is 7.52. The van der Waals surface area contributed by atoms with Crippen LogP contribution >= 0.6 is 0 Å². The van der Waals surface area contributed by atoms with Gasteiger partial charge >= 0.3 is 0 Å². The fourth-order valence-corrected chi connectivity index (χ4v) is 2.62. The van der Waals surface area contributed by atoms with Crippen molar-refractivity contribution in [2.24, 2.45) is 0 Å². The van der Waals surface area contributed by atoms with Crippen molar-refractivity contribution in [1.29, 1.82) is 0 Å². The summed E-state index contributed by atoms with van der Waals surface area (Å²) in [6, 6.07) is 6.51. The Bertz CT molecular complexity index is 428. The predicted molar refractivity (Wildman–Crippen MR) is 83.5 cm³/mol. The third-order valence-electron chi connectivity index (χ3n) is 3.71. The molecular weight excluding hydrogens is 250 g/mol. The van der Waals surface area contributed by atoms with E-state index in [0.717, 1.165) is 18.9 Å². The third kappa shape index (κ3) is 4.10. The summed E-state index contributed by atoms with van der Waals surface area (Å²) in [5.74, 6) is 1.72. The molecule has 2 rings (SSSR count). The largest absolute Gasteiger partial charge is 0.481 e. The molecule has 0 amide bonds. The molecule has 1 unspecified atom stereocenters. The third-order valence-corrected chi connectivity index (χ3v) is 3.71. The highest BCUT2D eigenvalue weighted by molar-refractivity contribution is 5.42. The van der Waals surface area contributed by atoms with Crippen LogP contribution in [-0.2, 0) is 0 Å². The van der Waals surface area contributed by atoms with E-state index >= 15 is 0 Å². The number of nitrogens with zero attached hydrogens (tertiary/aromatic N) is 2. The fraction of sp³-hybridized carbons (Fsp3) is 0.688. The molecule has 0 bridgehead atoms.